The molecule has 3 aliphatic rings. The number of amides is 2. The first-order chi connectivity index (χ1) is 20.9. The number of rotatable bonds is 5. The van der Waals surface area contributed by atoms with E-state index in [1.807, 2.05) is 0 Å². The molecule has 3 aliphatic carbocycles. The maximum absolute atomic E-state index is 14.0. The van der Waals surface area contributed by atoms with Crippen molar-refractivity contribution in [3.63, 3.8) is 0 Å². The summed E-state index contributed by atoms with van der Waals surface area (Å²) in [4.78, 5) is 80.8. The lowest BCUT2D eigenvalue weighted by atomic mass is 9.52. The Morgan fingerprint density at radius 3 is 2.50 bits per heavy atom. The van der Waals surface area contributed by atoms with E-state index >= 15 is 0 Å². The average molecular weight is 601 g/mol. The number of carbonyl (C=O) groups excluding carboxylic acids is 6. The summed E-state index contributed by atoms with van der Waals surface area (Å²) in [6.07, 6.45) is 1.38. The Morgan fingerprint density at radius 1 is 1.09 bits per heavy atom. The smallest absolute Gasteiger partial charge is 0.294 e. The molecule has 2 saturated carbocycles. The van der Waals surface area contributed by atoms with Crippen molar-refractivity contribution in [3.8, 4) is 16.9 Å². The largest absolute Gasteiger partial charge is 0.507 e. The van der Waals surface area contributed by atoms with Gasteiger partial charge in [-0.25, -0.2) is 0 Å². The second-order valence-electron chi connectivity index (χ2n) is 11.7. The van der Waals surface area contributed by atoms with Crippen molar-refractivity contribution in [1.29, 1.82) is 0 Å². The average Bonchev–Trinajstić information content (AvgIpc) is 3.50. The minimum absolute atomic E-state index is 0.00818. The molecule has 6 atom stereocenters. The van der Waals surface area contributed by atoms with E-state index in [1.54, 1.807) is 30.3 Å². The number of aromatic hydroxyl groups is 1. The number of Topliss-reactive ketones (excluding diaryl/α,β-unsaturated/α-hetero) is 4. The van der Waals surface area contributed by atoms with E-state index in [9.17, 15) is 39.0 Å². The SMILES string of the molecule is CN(C)[C@H]1C(=O)C(C(N)=O)C(=O)[C@]2(O)C(=O)C3C(=O)c4c(O)ccc(-c5cccc(NC(=O)c6ccno6)c5)c4C[C@@H]3C[C@H]12. The highest BCUT2D eigenvalue weighted by atomic mass is 16.5. The minimum Gasteiger partial charge on any atom is -0.507 e. The summed E-state index contributed by atoms with van der Waals surface area (Å²) in [6, 6.07) is 9.93. The van der Waals surface area contributed by atoms with Crippen molar-refractivity contribution in [2.24, 2.45) is 29.4 Å². The van der Waals surface area contributed by atoms with E-state index < -0.39 is 70.3 Å². The number of likely N-dealkylation sites (N-methyl/N-ethyl adjacent to an activating group) is 1. The molecule has 3 aromatic rings. The highest BCUT2D eigenvalue weighted by Gasteiger charge is 2.69. The van der Waals surface area contributed by atoms with Gasteiger partial charge in [0.05, 0.1) is 23.7 Å². The molecule has 13 nitrogen and oxygen atoms in total. The number of hydrogen-bond acceptors (Lipinski definition) is 11. The van der Waals surface area contributed by atoms with Gasteiger partial charge in [0.2, 0.25) is 11.7 Å². The van der Waals surface area contributed by atoms with Gasteiger partial charge in [-0.2, -0.15) is 0 Å². The second-order valence-corrected chi connectivity index (χ2v) is 11.7. The zero-order valence-corrected chi connectivity index (χ0v) is 23.6. The summed E-state index contributed by atoms with van der Waals surface area (Å²) in [5.41, 5.74) is 4.46. The number of benzene rings is 2. The Labute approximate surface area is 250 Å². The minimum atomic E-state index is -2.79. The molecule has 0 spiro atoms. The van der Waals surface area contributed by atoms with Crippen LogP contribution < -0.4 is 11.1 Å². The number of carbonyl (C=O) groups is 6. The van der Waals surface area contributed by atoms with Gasteiger partial charge in [0.25, 0.3) is 5.91 Å². The van der Waals surface area contributed by atoms with Gasteiger partial charge in [-0.15, -0.1) is 0 Å². The number of nitrogens with two attached hydrogens (primary N) is 1. The van der Waals surface area contributed by atoms with Crippen LogP contribution in [0.25, 0.3) is 11.1 Å². The summed E-state index contributed by atoms with van der Waals surface area (Å²) < 4.78 is 4.90. The number of aromatic nitrogens is 1. The maximum Gasteiger partial charge on any atom is 0.294 e. The van der Waals surface area contributed by atoms with Gasteiger partial charge in [-0.05, 0) is 67.7 Å². The van der Waals surface area contributed by atoms with Gasteiger partial charge < -0.3 is 25.8 Å². The van der Waals surface area contributed by atoms with Crippen LogP contribution in [0.5, 0.6) is 5.75 Å². The molecule has 0 aliphatic heterocycles. The van der Waals surface area contributed by atoms with Crippen LogP contribution in [0.1, 0.15) is 32.9 Å². The molecule has 1 aromatic heterocycles. The molecule has 1 heterocycles. The third kappa shape index (κ3) is 4.19. The molecule has 226 valence electrons. The lowest BCUT2D eigenvalue weighted by Gasteiger charge is -2.52. The highest BCUT2D eigenvalue weighted by Crippen LogP contribution is 2.51. The van der Waals surface area contributed by atoms with E-state index in [-0.39, 0.29) is 29.9 Å². The van der Waals surface area contributed by atoms with Crippen molar-refractivity contribution < 1.29 is 43.5 Å². The highest BCUT2D eigenvalue weighted by molar-refractivity contribution is 6.32. The van der Waals surface area contributed by atoms with Crippen molar-refractivity contribution in [2.75, 3.05) is 19.4 Å². The maximum atomic E-state index is 14.0. The molecule has 6 rings (SSSR count). The summed E-state index contributed by atoms with van der Waals surface area (Å²) in [5, 5.41) is 28.8. The first-order valence-corrected chi connectivity index (χ1v) is 13.9. The predicted octanol–water partition coefficient (Wildman–Crippen LogP) is 0.774. The first kappa shape index (κ1) is 29.1. The van der Waals surface area contributed by atoms with Gasteiger partial charge in [-0.1, -0.05) is 23.4 Å². The number of nitrogens with zero attached hydrogens (tertiary/aromatic N) is 2. The number of ketones is 4. The molecule has 0 bridgehead atoms. The first-order valence-electron chi connectivity index (χ1n) is 13.9. The third-order valence-corrected chi connectivity index (χ3v) is 9.04. The number of phenolic OH excluding ortho intramolecular Hbond substituents is 1. The number of phenols is 1. The monoisotopic (exact) mass is 600 g/mol. The van der Waals surface area contributed by atoms with Crippen LogP contribution in [0.15, 0.2) is 53.2 Å². The number of aliphatic hydroxyl groups is 1. The van der Waals surface area contributed by atoms with Gasteiger partial charge in [0.15, 0.2) is 34.7 Å². The number of nitrogens with one attached hydrogen (secondary N) is 1. The second kappa shape index (κ2) is 10.3. The Bertz CT molecular complexity index is 1770. The topological polar surface area (TPSA) is 210 Å². The zero-order valence-electron chi connectivity index (χ0n) is 23.6. The number of fused-ring (bicyclic) bond motifs is 3. The molecular formula is C31H28N4O9. The van der Waals surface area contributed by atoms with Crippen molar-refractivity contribution in [3.05, 3.63) is 65.5 Å². The Balaban J connectivity index is 1.41. The van der Waals surface area contributed by atoms with Crippen molar-refractivity contribution in [1.82, 2.24) is 10.1 Å². The molecule has 2 fully saturated rings. The fraction of sp³-hybridized carbons (Fsp3) is 0.323. The lowest BCUT2D eigenvalue weighted by molar-refractivity contribution is -0.181. The van der Waals surface area contributed by atoms with E-state index in [1.165, 1.54) is 37.3 Å². The normalized spacial score (nSPS) is 27.9. The molecule has 13 heteroatoms. The predicted molar refractivity (Wildman–Crippen MR) is 151 cm³/mol. The fourth-order valence-electron chi connectivity index (χ4n) is 7.17. The van der Waals surface area contributed by atoms with Crippen LogP contribution in [0.4, 0.5) is 5.69 Å². The summed E-state index contributed by atoms with van der Waals surface area (Å²) in [7, 11) is 3.05. The van der Waals surface area contributed by atoms with E-state index in [0.29, 0.717) is 22.4 Å². The summed E-state index contributed by atoms with van der Waals surface area (Å²) >= 11 is 0. The number of hydrogen-bond donors (Lipinski definition) is 4. The van der Waals surface area contributed by atoms with Crippen LogP contribution in [0.2, 0.25) is 0 Å². The molecular weight excluding hydrogens is 572 g/mol. The van der Waals surface area contributed by atoms with Crippen molar-refractivity contribution in [2.45, 2.75) is 24.5 Å². The van der Waals surface area contributed by atoms with Crippen LogP contribution >= 0.6 is 0 Å². The Kier molecular flexibility index (Phi) is 6.82. The van der Waals surface area contributed by atoms with E-state index in [2.05, 4.69) is 10.5 Å². The molecule has 2 unspecified atom stereocenters. The van der Waals surface area contributed by atoms with E-state index in [4.69, 9.17) is 10.3 Å². The Morgan fingerprint density at radius 2 is 1.84 bits per heavy atom. The van der Waals surface area contributed by atoms with Gasteiger partial charge in [0.1, 0.15) is 5.75 Å². The van der Waals surface area contributed by atoms with Gasteiger partial charge in [-0.3, -0.25) is 33.7 Å². The molecule has 44 heavy (non-hydrogen) atoms. The van der Waals surface area contributed by atoms with Gasteiger partial charge >= 0.3 is 0 Å². The van der Waals surface area contributed by atoms with Crippen LogP contribution in [-0.4, -0.2) is 81.0 Å². The summed E-state index contributed by atoms with van der Waals surface area (Å²) in [5.74, 6) is -11.7. The van der Waals surface area contributed by atoms with Crippen LogP contribution in [-0.2, 0) is 25.6 Å². The zero-order chi connectivity index (χ0) is 31.7. The molecule has 0 saturated heterocycles. The standard InChI is InChI=1S/C31H28N4O9/c1-35(2)24-18-12-14-11-17-16(13-4-3-5-15(10-13)34-30(42)20-8-9-33-44-20)6-7-19(36)22(17)25(37)21(14)27(39)31(18,43)28(40)23(26(24)38)29(32)41/h3-10,14,18,21,23-24,36,43H,11-12H2,1-2H3,(H2,32,41)(H,34,42)/t14-,18-,21?,23?,24-,31-/m1/s1. The van der Waals surface area contributed by atoms with Gasteiger partial charge in [0, 0.05) is 17.7 Å². The quantitative estimate of drug-likeness (QED) is 0.301. The molecule has 0 radical (unpaired) electrons. The van der Waals surface area contributed by atoms with Crippen LogP contribution in [0, 0.1) is 23.7 Å². The number of primary amides is 1. The third-order valence-electron chi connectivity index (χ3n) is 9.04. The fourth-order valence-corrected chi connectivity index (χ4v) is 7.17. The summed E-state index contributed by atoms with van der Waals surface area (Å²) in [6.45, 7) is 0. The number of anilines is 1. The van der Waals surface area contributed by atoms with E-state index in [0.717, 1.165) is 0 Å². The van der Waals surface area contributed by atoms with Crippen LogP contribution in [0.3, 0.4) is 0 Å². The van der Waals surface area contributed by atoms with Crippen molar-refractivity contribution >= 4 is 40.6 Å². The molecule has 5 N–H and O–H groups in total. The molecule has 2 aromatic carbocycles. The lowest BCUT2D eigenvalue weighted by Crippen LogP contribution is -2.74. The molecule has 2 amide bonds. The Hall–Kier alpha value is -5.01.